The largest absolute Gasteiger partial charge is 0.395 e. The number of fused-ring (bicyclic) bond motifs is 1. The fourth-order valence-electron chi connectivity index (χ4n) is 2.37. The molecule has 2 aromatic rings. The van der Waals surface area contributed by atoms with E-state index in [1.165, 1.54) is 10.5 Å². The molecule has 0 amide bonds. The molecule has 1 saturated heterocycles. The van der Waals surface area contributed by atoms with Crippen molar-refractivity contribution in [1.82, 2.24) is 14.3 Å². The van der Waals surface area contributed by atoms with Gasteiger partial charge in [-0.15, -0.1) is 0 Å². The molecule has 0 radical (unpaired) electrons. The van der Waals surface area contributed by atoms with Crippen LogP contribution in [0.1, 0.15) is 0 Å². The summed E-state index contributed by atoms with van der Waals surface area (Å²) in [5, 5.41) is 9.88. The molecule has 1 atom stereocenters. The number of hydrogen-bond acceptors (Lipinski definition) is 5. The summed E-state index contributed by atoms with van der Waals surface area (Å²) in [4.78, 5) is 7.12. The standard InChI is InChI=1S/C12H15N3O4S/c16-7-9-8-19-5-4-15(9)20(17,18)11-6-14-12-10(11)2-1-3-13-12/h1-3,6,9,16H,4-5,7-8H2,(H,13,14). The zero-order valence-corrected chi connectivity index (χ0v) is 11.5. The fraction of sp³-hybridized carbons (Fsp3) is 0.417. The van der Waals surface area contributed by atoms with Crippen LogP contribution in [0.15, 0.2) is 29.4 Å². The maximum Gasteiger partial charge on any atom is 0.245 e. The van der Waals surface area contributed by atoms with Gasteiger partial charge in [0.15, 0.2) is 0 Å². The van der Waals surface area contributed by atoms with Crippen LogP contribution in [0.25, 0.3) is 11.0 Å². The number of nitrogens with one attached hydrogen (secondary N) is 1. The number of aliphatic hydroxyl groups is 1. The van der Waals surface area contributed by atoms with Crippen LogP contribution in [0.4, 0.5) is 0 Å². The third-order valence-electron chi connectivity index (χ3n) is 3.38. The number of hydrogen-bond donors (Lipinski definition) is 2. The Kier molecular flexibility index (Phi) is 3.47. The maximum absolute atomic E-state index is 12.7. The minimum Gasteiger partial charge on any atom is -0.395 e. The lowest BCUT2D eigenvalue weighted by atomic mass is 10.3. The Labute approximate surface area is 116 Å². The number of ether oxygens (including phenoxy) is 1. The molecule has 0 spiro atoms. The minimum atomic E-state index is -3.68. The quantitative estimate of drug-likeness (QED) is 0.828. The molecule has 3 heterocycles. The van der Waals surface area contributed by atoms with Crippen molar-refractivity contribution in [2.75, 3.05) is 26.4 Å². The van der Waals surface area contributed by atoms with E-state index >= 15 is 0 Å². The molecule has 1 unspecified atom stereocenters. The second-order valence-electron chi connectivity index (χ2n) is 4.58. The van der Waals surface area contributed by atoms with E-state index in [2.05, 4.69) is 9.97 Å². The lowest BCUT2D eigenvalue weighted by Crippen LogP contribution is -2.50. The van der Waals surface area contributed by atoms with Crippen molar-refractivity contribution in [2.24, 2.45) is 0 Å². The maximum atomic E-state index is 12.7. The Balaban J connectivity index is 2.07. The lowest BCUT2D eigenvalue weighted by molar-refractivity contribution is 0.0109. The van der Waals surface area contributed by atoms with E-state index in [0.29, 0.717) is 17.6 Å². The van der Waals surface area contributed by atoms with Crippen LogP contribution < -0.4 is 0 Å². The monoisotopic (exact) mass is 297 g/mol. The van der Waals surface area contributed by atoms with E-state index in [4.69, 9.17) is 4.74 Å². The van der Waals surface area contributed by atoms with Crippen molar-refractivity contribution in [3.05, 3.63) is 24.5 Å². The first kappa shape index (κ1) is 13.5. The first-order valence-corrected chi connectivity index (χ1v) is 7.71. The average Bonchev–Trinajstić information content (AvgIpc) is 2.92. The highest BCUT2D eigenvalue weighted by Gasteiger charge is 2.35. The summed E-state index contributed by atoms with van der Waals surface area (Å²) in [6, 6.07) is 2.85. The van der Waals surface area contributed by atoms with Crippen LogP contribution in [-0.4, -0.2) is 60.2 Å². The Morgan fingerprint density at radius 2 is 2.40 bits per heavy atom. The van der Waals surface area contributed by atoms with E-state index in [1.54, 1.807) is 18.3 Å². The van der Waals surface area contributed by atoms with Gasteiger partial charge in [-0.1, -0.05) is 0 Å². The summed E-state index contributed by atoms with van der Waals surface area (Å²) >= 11 is 0. The Hall–Kier alpha value is -1.48. The highest BCUT2D eigenvalue weighted by atomic mass is 32.2. The van der Waals surface area contributed by atoms with E-state index < -0.39 is 16.1 Å². The first-order valence-electron chi connectivity index (χ1n) is 6.27. The van der Waals surface area contributed by atoms with Crippen LogP contribution in [0, 0.1) is 0 Å². The number of H-pyrrole nitrogens is 1. The van der Waals surface area contributed by atoms with Crippen molar-refractivity contribution in [3.8, 4) is 0 Å². The Bertz CT molecular complexity index is 712. The van der Waals surface area contributed by atoms with Gasteiger partial charge in [0.1, 0.15) is 10.5 Å². The van der Waals surface area contributed by atoms with Crippen molar-refractivity contribution in [1.29, 1.82) is 0 Å². The van der Waals surface area contributed by atoms with Gasteiger partial charge in [-0.25, -0.2) is 13.4 Å². The highest BCUT2D eigenvalue weighted by molar-refractivity contribution is 7.89. The van der Waals surface area contributed by atoms with Gasteiger partial charge in [0.25, 0.3) is 0 Å². The predicted octanol–water partition coefficient (Wildman–Crippen LogP) is -0.0553. The SMILES string of the molecule is O=S(=O)(c1c[nH]c2ncccc12)N1CCOCC1CO. The number of morpholine rings is 1. The van der Waals surface area contributed by atoms with Gasteiger partial charge in [0.05, 0.1) is 25.9 Å². The smallest absolute Gasteiger partial charge is 0.245 e. The molecule has 1 aliphatic rings. The number of aliphatic hydroxyl groups excluding tert-OH is 1. The molecule has 0 saturated carbocycles. The zero-order chi connectivity index (χ0) is 14.2. The molecule has 8 heteroatoms. The molecule has 20 heavy (non-hydrogen) atoms. The summed E-state index contributed by atoms with van der Waals surface area (Å²) in [5.41, 5.74) is 0.528. The fourth-order valence-corrected chi connectivity index (χ4v) is 4.11. The van der Waals surface area contributed by atoms with Crippen LogP contribution >= 0.6 is 0 Å². The van der Waals surface area contributed by atoms with Gasteiger partial charge >= 0.3 is 0 Å². The number of rotatable bonds is 3. The van der Waals surface area contributed by atoms with Crippen LogP contribution in [0.5, 0.6) is 0 Å². The van der Waals surface area contributed by atoms with E-state index in [-0.39, 0.29) is 24.7 Å². The molecule has 108 valence electrons. The van der Waals surface area contributed by atoms with E-state index in [9.17, 15) is 13.5 Å². The lowest BCUT2D eigenvalue weighted by Gasteiger charge is -2.33. The second-order valence-corrected chi connectivity index (χ2v) is 6.44. The summed E-state index contributed by atoms with van der Waals surface area (Å²) in [6.45, 7) is 0.507. The molecular formula is C12H15N3O4S. The number of pyridine rings is 1. The van der Waals surface area contributed by atoms with Gasteiger partial charge in [-0.05, 0) is 12.1 Å². The van der Waals surface area contributed by atoms with Crippen LogP contribution in [0.2, 0.25) is 0 Å². The number of aromatic amines is 1. The predicted molar refractivity (Wildman–Crippen MR) is 71.7 cm³/mol. The molecule has 1 aliphatic heterocycles. The average molecular weight is 297 g/mol. The summed E-state index contributed by atoms with van der Waals surface area (Å²) in [6.07, 6.45) is 3.04. The van der Waals surface area contributed by atoms with Crippen molar-refractivity contribution in [3.63, 3.8) is 0 Å². The number of sulfonamides is 1. The second kappa shape index (κ2) is 5.13. The summed E-state index contributed by atoms with van der Waals surface area (Å²) in [7, 11) is -3.68. The molecule has 2 aromatic heterocycles. The van der Waals surface area contributed by atoms with Gasteiger partial charge in [0, 0.05) is 24.3 Å². The molecule has 0 aromatic carbocycles. The van der Waals surface area contributed by atoms with Crippen molar-refractivity contribution < 1.29 is 18.3 Å². The number of nitrogens with zero attached hydrogens (tertiary/aromatic N) is 2. The third-order valence-corrected chi connectivity index (χ3v) is 5.38. The molecule has 3 rings (SSSR count). The molecule has 0 aliphatic carbocycles. The molecule has 0 bridgehead atoms. The number of aromatic nitrogens is 2. The van der Waals surface area contributed by atoms with E-state index in [1.807, 2.05) is 0 Å². The molecule has 1 fully saturated rings. The highest BCUT2D eigenvalue weighted by Crippen LogP contribution is 2.26. The molecule has 2 N–H and O–H groups in total. The summed E-state index contributed by atoms with van der Waals surface area (Å²) in [5.74, 6) is 0. The Morgan fingerprint density at radius 3 is 3.20 bits per heavy atom. The normalized spacial score (nSPS) is 21.4. The van der Waals surface area contributed by atoms with Crippen molar-refractivity contribution >= 4 is 21.1 Å². The van der Waals surface area contributed by atoms with Gasteiger partial charge in [-0.2, -0.15) is 4.31 Å². The van der Waals surface area contributed by atoms with Gasteiger partial charge < -0.3 is 14.8 Å². The Morgan fingerprint density at radius 1 is 1.55 bits per heavy atom. The van der Waals surface area contributed by atoms with Crippen molar-refractivity contribution in [2.45, 2.75) is 10.9 Å². The van der Waals surface area contributed by atoms with Gasteiger partial charge in [-0.3, -0.25) is 0 Å². The first-order chi connectivity index (χ1) is 9.64. The minimum absolute atomic E-state index is 0.181. The van der Waals surface area contributed by atoms with E-state index in [0.717, 1.165) is 0 Å². The van der Waals surface area contributed by atoms with Gasteiger partial charge in [0.2, 0.25) is 10.0 Å². The topological polar surface area (TPSA) is 95.5 Å². The molecule has 7 nitrogen and oxygen atoms in total. The summed E-state index contributed by atoms with van der Waals surface area (Å²) < 4.78 is 32.0. The molecular weight excluding hydrogens is 282 g/mol. The zero-order valence-electron chi connectivity index (χ0n) is 10.7. The third kappa shape index (κ3) is 2.10. The van der Waals surface area contributed by atoms with Crippen LogP contribution in [-0.2, 0) is 14.8 Å². The van der Waals surface area contributed by atoms with Crippen LogP contribution in [0.3, 0.4) is 0 Å².